The van der Waals surface area contributed by atoms with E-state index in [0.717, 1.165) is 12.2 Å². The lowest BCUT2D eigenvalue weighted by Crippen LogP contribution is -2.18. The number of hydrogen-bond acceptors (Lipinski definition) is 4. The predicted molar refractivity (Wildman–Crippen MR) is 77.2 cm³/mol. The molecule has 0 aliphatic rings. The van der Waals surface area contributed by atoms with Gasteiger partial charge in [0.1, 0.15) is 6.07 Å². The molecule has 0 fully saturated rings. The topological polar surface area (TPSA) is 65.9 Å². The van der Waals surface area contributed by atoms with Gasteiger partial charge in [0.05, 0.1) is 17.4 Å². The molecule has 96 valence electrons. The second kappa shape index (κ2) is 5.40. The van der Waals surface area contributed by atoms with Crippen molar-refractivity contribution in [2.24, 2.45) is 0 Å². The summed E-state index contributed by atoms with van der Waals surface area (Å²) in [5, 5.41) is 9.21. The van der Waals surface area contributed by atoms with Crippen LogP contribution in [0.25, 0.3) is 0 Å². The van der Waals surface area contributed by atoms with Gasteiger partial charge in [0, 0.05) is 12.2 Å². The number of hydrogen-bond donors (Lipinski definition) is 1. The minimum atomic E-state index is 0.488. The van der Waals surface area contributed by atoms with E-state index in [-0.39, 0.29) is 0 Å². The van der Waals surface area contributed by atoms with Crippen LogP contribution in [0, 0.1) is 18.3 Å². The second-order valence-corrected chi connectivity index (χ2v) is 4.33. The lowest BCUT2D eigenvalue weighted by molar-refractivity contribution is 0.985. The summed E-state index contributed by atoms with van der Waals surface area (Å²) in [5.74, 6) is 0.642. The summed E-state index contributed by atoms with van der Waals surface area (Å²) in [4.78, 5) is 6.29. The number of rotatable bonds is 3. The third kappa shape index (κ3) is 2.66. The molecule has 0 bridgehead atoms. The SMILES string of the molecule is CCN(c1ccc(C)cc1)c1ncc(N)cc1C#N. The fraction of sp³-hybridized carbons (Fsp3) is 0.200. The highest BCUT2D eigenvalue weighted by atomic mass is 15.2. The molecule has 0 amide bonds. The smallest absolute Gasteiger partial charge is 0.151 e. The van der Waals surface area contributed by atoms with E-state index in [0.29, 0.717) is 17.1 Å². The van der Waals surface area contributed by atoms with Gasteiger partial charge in [-0.2, -0.15) is 5.26 Å². The lowest BCUT2D eigenvalue weighted by atomic mass is 10.2. The molecule has 19 heavy (non-hydrogen) atoms. The molecule has 0 saturated heterocycles. The van der Waals surface area contributed by atoms with Crippen LogP contribution in [0.2, 0.25) is 0 Å². The molecule has 4 nitrogen and oxygen atoms in total. The zero-order valence-electron chi connectivity index (χ0n) is 11.1. The van der Waals surface area contributed by atoms with Crippen molar-refractivity contribution in [1.82, 2.24) is 4.98 Å². The Kier molecular flexibility index (Phi) is 3.67. The monoisotopic (exact) mass is 252 g/mol. The molecule has 1 aromatic carbocycles. The summed E-state index contributed by atoms with van der Waals surface area (Å²) in [6, 6.07) is 11.9. The van der Waals surface area contributed by atoms with Crippen LogP contribution in [-0.4, -0.2) is 11.5 Å². The summed E-state index contributed by atoms with van der Waals surface area (Å²) in [6.07, 6.45) is 1.58. The molecule has 1 aromatic heterocycles. The number of nitrogen functional groups attached to an aromatic ring is 1. The molecule has 0 unspecified atom stereocenters. The van der Waals surface area contributed by atoms with E-state index in [1.807, 2.05) is 43.0 Å². The number of nitrogens with zero attached hydrogens (tertiary/aromatic N) is 3. The predicted octanol–water partition coefficient (Wildman–Crippen LogP) is 3.00. The van der Waals surface area contributed by atoms with Crippen molar-refractivity contribution < 1.29 is 0 Å². The molecule has 2 N–H and O–H groups in total. The number of anilines is 3. The molecule has 0 spiro atoms. The van der Waals surface area contributed by atoms with Gasteiger partial charge in [0.25, 0.3) is 0 Å². The molecule has 0 aliphatic carbocycles. The third-order valence-electron chi connectivity index (χ3n) is 2.93. The molecule has 0 radical (unpaired) electrons. The van der Waals surface area contributed by atoms with E-state index in [4.69, 9.17) is 5.73 Å². The number of benzene rings is 1. The Morgan fingerprint density at radius 1 is 1.32 bits per heavy atom. The van der Waals surface area contributed by atoms with Crippen molar-refractivity contribution in [3.63, 3.8) is 0 Å². The van der Waals surface area contributed by atoms with Crippen LogP contribution >= 0.6 is 0 Å². The van der Waals surface area contributed by atoms with E-state index in [2.05, 4.69) is 11.1 Å². The van der Waals surface area contributed by atoms with Crippen molar-refractivity contribution in [1.29, 1.82) is 5.26 Å². The van der Waals surface area contributed by atoms with E-state index in [1.165, 1.54) is 5.56 Å². The van der Waals surface area contributed by atoms with Gasteiger partial charge in [0.15, 0.2) is 5.82 Å². The van der Waals surface area contributed by atoms with Crippen LogP contribution in [0.1, 0.15) is 18.1 Å². The van der Waals surface area contributed by atoms with Crippen molar-refractivity contribution >= 4 is 17.2 Å². The molecular formula is C15H16N4. The van der Waals surface area contributed by atoms with Gasteiger partial charge in [0.2, 0.25) is 0 Å². The van der Waals surface area contributed by atoms with Crippen LogP contribution in [0.4, 0.5) is 17.2 Å². The molecule has 0 atom stereocenters. The average molecular weight is 252 g/mol. The fourth-order valence-corrected chi connectivity index (χ4v) is 1.95. The first kappa shape index (κ1) is 12.9. The number of aryl methyl sites for hydroxylation is 1. The first-order valence-electron chi connectivity index (χ1n) is 6.15. The van der Waals surface area contributed by atoms with Gasteiger partial charge in [-0.25, -0.2) is 4.98 Å². The zero-order chi connectivity index (χ0) is 13.8. The lowest BCUT2D eigenvalue weighted by Gasteiger charge is -2.23. The number of nitrogens with two attached hydrogens (primary N) is 1. The minimum Gasteiger partial charge on any atom is -0.397 e. The molecule has 1 heterocycles. The molecule has 2 rings (SSSR count). The Morgan fingerprint density at radius 2 is 2.00 bits per heavy atom. The molecule has 2 aromatic rings. The van der Waals surface area contributed by atoms with E-state index in [9.17, 15) is 5.26 Å². The highest BCUT2D eigenvalue weighted by Gasteiger charge is 2.13. The average Bonchev–Trinajstić information content (AvgIpc) is 2.43. The molecular weight excluding hydrogens is 236 g/mol. The van der Waals surface area contributed by atoms with Gasteiger partial charge in [-0.1, -0.05) is 17.7 Å². The van der Waals surface area contributed by atoms with Crippen LogP contribution in [0.15, 0.2) is 36.5 Å². The minimum absolute atomic E-state index is 0.488. The van der Waals surface area contributed by atoms with Crippen molar-refractivity contribution in [3.05, 3.63) is 47.7 Å². The van der Waals surface area contributed by atoms with E-state index >= 15 is 0 Å². The first-order chi connectivity index (χ1) is 9.15. The van der Waals surface area contributed by atoms with Gasteiger partial charge < -0.3 is 10.6 Å². The van der Waals surface area contributed by atoms with Crippen LogP contribution in [0.5, 0.6) is 0 Å². The normalized spacial score (nSPS) is 9.95. The Balaban J connectivity index is 2.48. The Hall–Kier alpha value is -2.54. The molecule has 0 aliphatic heterocycles. The first-order valence-corrected chi connectivity index (χ1v) is 6.15. The summed E-state index contributed by atoms with van der Waals surface area (Å²) in [6.45, 7) is 4.80. The standard InChI is InChI=1S/C15H16N4/c1-3-19(14-6-4-11(2)5-7-14)15-12(9-16)8-13(17)10-18-15/h4-8,10H,3,17H2,1-2H3. The largest absolute Gasteiger partial charge is 0.397 e. The summed E-state index contributed by atoms with van der Waals surface area (Å²) in [7, 11) is 0. The molecule has 4 heteroatoms. The summed E-state index contributed by atoms with van der Waals surface area (Å²) < 4.78 is 0. The van der Waals surface area contributed by atoms with Gasteiger partial charge in [-0.15, -0.1) is 0 Å². The van der Waals surface area contributed by atoms with Gasteiger partial charge >= 0.3 is 0 Å². The van der Waals surface area contributed by atoms with Crippen molar-refractivity contribution in [3.8, 4) is 6.07 Å². The second-order valence-electron chi connectivity index (χ2n) is 4.33. The van der Waals surface area contributed by atoms with E-state index < -0.39 is 0 Å². The third-order valence-corrected chi connectivity index (χ3v) is 2.93. The van der Waals surface area contributed by atoms with Crippen LogP contribution in [0.3, 0.4) is 0 Å². The van der Waals surface area contributed by atoms with E-state index in [1.54, 1.807) is 12.3 Å². The Bertz CT molecular complexity index is 611. The number of aromatic nitrogens is 1. The maximum absolute atomic E-state index is 9.21. The number of nitriles is 1. The molecule has 0 saturated carbocycles. The number of pyridine rings is 1. The summed E-state index contributed by atoms with van der Waals surface area (Å²) >= 11 is 0. The Labute approximate surface area is 113 Å². The highest BCUT2D eigenvalue weighted by Crippen LogP contribution is 2.27. The van der Waals surface area contributed by atoms with Crippen molar-refractivity contribution in [2.75, 3.05) is 17.2 Å². The van der Waals surface area contributed by atoms with Gasteiger partial charge in [-0.3, -0.25) is 0 Å². The zero-order valence-corrected chi connectivity index (χ0v) is 11.1. The highest BCUT2D eigenvalue weighted by molar-refractivity contribution is 5.67. The summed E-state index contributed by atoms with van der Waals surface area (Å²) in [5.41, 5.74) is 8.87. The van der Waals surface area contributed by atoms with Gasteiger partial charge in [-0.05, 0) is 32.0 Å². The maximum Gasteiger partial charge on any atom is 0.151 e. The fourth-order valence-electron chi connectivity index (χ4n) is 1.95. The van der Waals surface area contributed by atoms with Crippen molar-refractivity contribution in [2.45, 2.75) is 13.8 Å². The van der Waals surface area contributed by atoms with Crippen LogP contribution in [-0.2, 0) is 0 Å². The maximum atomic E-state index is 9.21. The Morgan fingerprint density at radius 3 is 2.58 bits per heavy atom. The quantitative estimate of drug-likeness (QED) is 0.911. The van der Waals surface area contributed by atoms with Crippen LogP contribution < -0.4 is 10.6 Å².